The van der Waals surface area contributed by atoms with E-state index in [2.05, 4.69) is 28.2 Å². The molecule has 0 bridgehead atoms. The van der Waals surface area contributed by atoms with Crippen molar-refractivity contribution in [2.45, 2.75) is 13.0 Å². The fourth-order valence-corrected chi connectivity index (χ4v) is 2.17. The summed E-state index contributed by atoms with van der Waals surface area (Å²) in [4.78, 5) is 0. The van der Waals surface area contributed by atoms with Gasteiger partial charge >= 0.3 is 0 Å². The van der Waals surface area contributed by atoms with Crippen LogP contribution in [0.15, 0.2) is 45.7 Å². The first kappa shape index (κ1) is 11.6. The quantitative estimate of drug-likeness (QED) is 0.875. The van der Waals surface area contributed by atoms with Crippen LogP contribution in [0.2, 0.25) is 5.02 Å². The van der Waals surface area contributed by atoms with Crippen LogP contribution in [0.3, 0.4) is 0 Å². The first-order chi connectivity index (χ1) is 7.66. The van der Waals surface area contributed by atoms with Crippen LogP contribution in [0.1, 0.15) is 18.5 Å². The van der Waals surface area contributed by atoms with Crippen LogP contribution in [0, 0.1) is 0 Å². The Hall–Kier alpha value is -0.930. The average molecular weight is 301 g/mol. The van der Waals surface area contributed by atoms with Gasteiger partial charge in [-0.3, -0.25) is 0 Å². The van der Waals surface area contributed by atoms with E-state index in [0.717, 1.165) is 15.7 Å². The number of halogens is 2. The van der Waals surface area contributed by atoms with Crippen LogP contribution in [0.4, 0.5) is 5.69 Å². The van der Waals surface area contributed by atoms with Crippen LogP contribution >= 0.6 is 27.5 Å². The van der Waals surface area contributed by atoms with Gasteiger partial charge < -0.3 is 9.73 Å². The minimum absolute atomic E-state index is 0.164. The standard InChI is InChI=1S/C12H11BrClNO/c1-8(9-4-5-16-7-9)15-12-3-2-10(13)6-11(12)14/h2-8,15H,1H3. The third-order valence-electron chi connectivity index (χ3n) is 2.35. The second-order valence-electron chi connectivity index (χ2n) is 3.55. The van der Waals surface area contributed by atoms with E-state index >= 15 is 0 Å². The van der Waals surface area contributed by atoms with E-state index in [-0.39, 0.29) is 6.04 Å². The Balaban J connectivity index is 2.15. The predicted octanol–water partition coefficient (Wildman–Crippen LogP) is 4.87. The zero-order valence-electron chi connectivity index (χ0n) is 8.71. The molecular weight excluding hydrogens is 289 g/mol. The van der Waals surface area contributed by atoms with Gasteiger partial charge in [-0.05, 0) is 31.2 Å². The summed E-state index contributed by atoms with van der Waals surface area (Å²) in [7, 11) is 0. The van der Waals surface area contributed by atoms with Gasteiger partial charge in [-0.25, -0.2) is 0 Å². The fraction of sp³-hybridized carbons (Fsp3) is 0.167. The maximum atomic E-state index is 6.12. The van der Waals surface area contributed by atoms with E-state index in [9.17, 15) is 0 Å². The Labute approximate surface area is 108 Å². The average Bonchev–Trinajstić information content (AvgIpc) is 2.75. The number of hydrogen-bond donors (Lipinski definition) is 1. The maximum Gasteiger partial charge on any atom is 0.0955 e. The van der Waals surface area contributed by atoms with Gasteiger partial charge in [-0.15, -0.1) is 0 Å². The monoisotopic (exact) mass is 299 g/mol. The molecule has 84 valence electrons. The smallest absolute Gasteiger partial charge is 0.0955 e. The van der Waals surface area contributed by atoms with Crippen molar-refractivity contribution in [2.24, 2.45) is 0 Å². The molecule has 1 aromatic heterocycles. The topological polar surface area (TPSA) is 25.2 Å². The van der Waals surface area contributed by atoms with Crippen LogP contribution in [-0.4, -0.2) is 0 Å². The molecule has 0 aliphatic heterocycles. The molecule has 1 aromatic carbocycles. The third kappa shape index (κ3) is 2.60. The predicted molar refractivity (Wildman–Crippen MR) is 69.9 cm³/mol. The molecule has 2 nitrogen and oxygen atoms in total. The summed E-state index contributed by atoms with van der Waals surface area (Å²) in [6, 6.07) is 7.87. The molecule has 16 heavy (non-hydrogen) atoms. The summed E-state index contributed by atoms with van der Waals surface area (Å²) in [5.41, 5.74) is 2.01. The number of benzene rings is 1. The van der Waals surface area contributed by atoms with Gasteiger partial charge in [0.15, 0.2) is 0 Å². The highest BCUT2D eigenvalue weighted by Crippen LogP contribution is 2.28. The Bertz CT molecular complexity index is 470. The first-order valence-electron chi connectivity index (χ1n) is 4.90. The molecule has 0 saturated carbocycles. The molecule has 1 unspecified atom stereocenters. The van der Waals surface area contributed by atoms with E-state index in [1.165, 1.54) is 0 Å². The molecule has 2 rings (SSSR count). The van der Waals surface area contributed by atoms with Gasteiger partial charge in [-0.2, -0.15) is 0 Å². The largest absolute Gasteiger partial charge is 0.472 e. The summed E-state index contributed by atoms with van der Waals surface area (Å²) in [5, 5.41) is 4.03. The molecule has 0 fully saturated rings. The van der Waals surface area contributed by atoms with Crippen LogP contribution in [-0.2, 0) is 0 Å². The molecular formula is C12H11BrClNO. The van der Waals surface area contributed by atoms with Crippen LogP contribution in [0.5, 0.6) is 0 Å². The van der Waals surface area contributed by atoms with Crippen molar-refractivity contribution in [3.63, 3.8) is 0 Å². The third-order valence-corrected chi connectivity index (χ3v) is 3.15. The molecule has 0 amide bonds. The van der Waals surface area contributed by atoms with Gasteiger partial charge in [0.1, 0.15) is 0 Å². The molecule has 1 atom stereocenters. The SMILES string of the molecule is CC(Nc1ccc(Br)cc1Cl)c1ccoc1. The highest BCUT2D eigenvalue weighted by molar-refractivity contribution is 9.10. The molecule has 2 aromatic rings. The van der Waals surface area contributed by atoms with Gasteiger partial charge in [-0.1, -0.05) is 27.5 Å². The minimum atomic E-state index is 0.164. The highest BCUT2D eigenvalue weighted by Gasteiger charge is 2.08. The van der Waals surface area contributed by atoms with E-state index in [4.69, 9.17) is 16.0 Å². The van der Waals surface area contributed by atoms with Crippen molar-refractivity contribution in [1.29, 1.82) is 0 Å². The second-order valence-corrected chi connectivity index (χ2v) is 4.87. The van der Waals surface area contributed by atoms with Crippen molar-refractivity contribution in [3.8, 4) is 0 Å². The molecule has 0 saturated heterocycles. The van der Waals surface area contributed by atoms with Gasteiger partial charge in [0, 0.05) is 10.0 Å². The molecule has 1 heterocycles. The lowest BCUT2D eigenvalue weighted by atomic mass is 10.1. The number of anilines is 1. The lowest BCUT2D eigenvalue weighted by Gasteiger charge is -2.14. The number of hydrogen-bond acceptors (Lipinski definition) is 2. The number of rotatable bonds is 3. The van der Waals surface area contributed by atoms with Crippen molar-refractivity contribution in [1.82, 2.24) is 0 Å². The molecule has 0 aliphatic carbocycles. The Morgan fingerprint density at radius 3 is 2.81 bits per heavy atom. The summed E-state index contributed by atoms with van der Waals surface area (Å²) in [5.74, 6) is 0. The highest BCUT2D eigenvalue weighted by atomic mass is 79.9. The maximum absolute atomic E-state index is 6.12. The lowest BCUT2D eigenvalue weighted by Crippen LogP contribution is -2.05. The first-order valence-corrected chi connectivity index (χ1v) is 6.07. The Morgan fingerprint density at radius 1 is 1.38 bits per heavy atom. The van der Waals surface area contributed by atoms with Gasteiger partial charge in [0.2, 0.25) is 0 Å². The molecule has 4 heteroatoms. The number of furan rings is 1. The molecule has 0 radical (unpaired) electrons. The molecule has 0 spiro atoms. The van der Waals surface area contributed by atoms with Crippen molar-refractivity contribution in [2.75, 3.05) is 5.32 Å². The Morgan fingerprint density at radius 2 is 2.19 bits per heavy atom. The van der Waals surface area contributed by atoms with E-state index in [0.29, 0.717) is 5.02 Å². The number of nitrogens with one attached hydrogen (secondary N) is 1. The summed E-state index contributed by atoms with van der Waals surface area (Å²) in [6.07, 6.45) is 3.39. The zero-order valence-corrected chi connectivity index (χ0v) is 11.0. The van der Waals surface area contributed by atoms with Crippen molar-refractivity contribution >= 4 is 33.2 Å². The normalized spacial score (nSPS) is 12.4. The summed E-state index contributed by atoms with van der Waals surface area (Å²) >= 11 is 9.49. The summed E-state index contributed by atoms with van der Waals surface area (Å²) < 4.78 is 6.01. The summed E-state index contributed by atoms with van der Waals surface area (Å²) in [6.45, 7) is 2.06. The second kappa shape index (κ2) is 4.93. The zero-order chi connectivity index (χ0) is 11.5. The Kier molecular flexibility index (Phi) is 3.56. The minimum Gasteiger partial charge on any atom is -0.472 e. The molecule has 0 aliphatic rings. The van der Waals surface area contributed by atoms with Crippen molar-refractivity contribution in [3.05, 3.63) is 51.9 Å². The van der Waals surface area contributed by atoms with Crippen LogP contribution < -0.4 is 5.32 Å². The molecule has 1 N–H and O–H groups in total. The van der Waals surface area contributed by atoms with Crippen LogP contribution in [0.25, 0.3) is 0 Å². The lowest BCUT2D eigenvalue weighted by molar-refractivity contribution is 0.562. The van der Waals surface area contributed by atoms with E-state index in [1.54, 1.807) is 12.5 Å². The van der Waals surface area contributed by atoms with Gasteiger partial charge in [0.25, 0.3) is 0 Å². The van der Waals surface area contributed by atoms with E-state index in [1.807, 2.05) is 24.3 Å². The van der Waals surface area contributed by atoms with Gasteiger partial charge in [0.05, 0.1) is 29.3 Å². The fourth-order valence-electron chi connectivity index (χ4n) is 1.44. The van der Waals surface area contributed by atoms with E-state index < -0.39 is 0 Å². The van der Waals surface area contributed by atoms with Crippen molar-refractivity contribution < 1.29 is 4.42 Å².